The first-order valence-electron chi connectivity index (χ1n) is 6.12. The molecule has 0 spiro atoms. The summed E-state index contributed by atoms with van der Waals surface area (Å²) in [5.41, 5.74) is 5.69. The van der Waals surface area contributed by atoms with Gasteiger partial charge in [-0.15, -0.1) is 0 Å². The van der Waals surface area contributed by atoms with Crippen LogP contribution in [0.1, 0.15) is 40.5 Å². The zero-order chi connectivity index (χ0) is 13.1. The van der Waals surface area contributed by atoms with Gasteiger partial charge in [0.05, 0.1) is 0 Å². The van der Waals surface area contributed by atoms with Gasteiger partial charge in [-0.2, -0.15) is 17.9 Å². The molecular formula is C11H23N3O2S. The van der Waals surface area contributed by atoms with Crippen LogP contribution in [0.5, 0.6) is 0 Å². The summed E-state index contributed by atoms with van der Waals surface area (Å²) in [4.78, 5) is 0. The summed E-state index contributed by atoms with van der Waals surface area (Å²) in [5.74, 6) is 0. The SMILES string of the molecule is CC1(C)C(N)C(C)(C)C1NS(=O)(=O)NC1CC1. The van der Waals surface area contributed by atoms with Crippen LogP contribution in [0.15, 0.2) is 0 Å². The van der Waals surface area contributed by atoms with E-state index < -0.39 is 10.2 Å². The van der Waals surface area contributed by atoms with E-state index in [2.05, 4.69) is 9.44 Å². The summed E-state index contributed by atoms with van der Waals surface area (Å²) in [6.45, 7) is 8.03. The van der Waals surface area contributed by atoms with E-state index in [-0.39, 0.29) is 29.0 Å². The zero-order valence-corrected chi connectivity index (χ0v) is 11.8. The van der Waals surface area contributed by atoms with Crippen molar-refractivity contribution < 1.29 is 8.42 Å². The molecule has 2 rings (SSSR count). The Kier molecular flexibility index (Phi) is 2.86. The third-order valence-corrected chi connectivity index (χ3v) is 5.45. The van der Waals surface area contributed by atoms with Crippen molar-refractivity contribution in [1.29, 1.82) is 0 Å². The molecule has 2 fully saturated rings. The van der Waals surface area contributed by atoms with Crippen LogP contribution < -0.4 is 15.2 Å². The molecule has 0 heterocycles. The first kappa shape index (κ1) is 13.3. The quantitative estimate of drug-likeness (QED) is 0.682. The molecule has 0 aromatic heterocycles. The molecule has 0 radical (unpaired) electrons. The molecule has 5 nitrogen and oxygen atoms in total. The number of rotatable bonds is 4. The van der Waals surface area contributed by atoms with E-state index in [0.717, 1.165) is 12.8 Å². The van der Waals surface area contributed by atoms with E-state index in [4.69, 9.17) is 5.73 Å². The minimum Gasteiger partial charge on any atom is -0.327 e. The van der Waals surface area contributed by atoms with Crippen LogP contribution in [0.25, 0.3) is 0 Å². The highest BCUT2D eigenvalue weighted by atomic mass is 32.2. The highest BCUT2D eigenvalue weighted by Crippen LogP contribution is 2.52. The summed E-state index contributed by atoms with van der Waals surface area (Å²) in [5, 5.41) is 0. The van der Waals surface area contributed by atoms with Crippen molar-refractivity contribution in [3.63, 3.8) is 0 Å². The standard InChI is InChI=1S/C11H23N3O2S/c1-10(2)8(12)11(3,4)9(10)14-17(15,16)13-7-5-6-7/h7-9,13-14H,5-6,12H2,1-4H3. The maximum atomic E-state index is 11.9. The minimum absolute atomic E-state index is 0.00336. The molecule has 0 unspecified atom stereocenters. The van der Waals surface area contributed by atoms with Crippen LogP contribution in [-0.4, -0.2) is 26.5 Å². The van der Waals surface area contributed by atoms with Gasteiger partial charge in [-0.1, -0.05) is 27.7 Å². The molecule has 0 aliphatic heterocycles. The summed E-state index contributed by atoms with van der Waals surface area (Å²) < 4.78 is 29.2. The van der Waals surface area contributed by atoms with Gasteiger partial charge < -0.3 is 5.73 Å². The van der Waals surface area contributed by atoms with Gasteiger partial charge in [0.2, 0.25) is 0 Å². The van der Waals surface area contributed by atoms with Crippen molar-refractivity contribution in [3.8, 4) is 0 Å². The summed E-state index contributed by atoms with van der Waals surface area (Å²) in [7, 11) is -3.40. The van der Waals surface area contributed by atoms with Crippen LogP contribution in [0.4, 0.5) is 0 Å². The van der Waals surface area contributed by atoms with Crippen molar-refractivity contribution in [2.24, 2.45) is 16.6 Å². The summed E-state index contributed by atoms with van der Waals surface area (Å²) in [6.07, 6.45) is 1.88. The van der Waals surface area contributed by atoms with E-state index >= 15 is 0 Å². The van der Waals surface area contributed by atoms with E-state index in [0.29, 0.717) is 0 Å². The lowest BCUT2D eigenvalue weighted by Crippen LogP contribution is -2.76. The second-order valence-corrected chi connectivity index (χ2v) is 8.05. The number of hydrogen-bond donors (Lipinski definition) is 3. The van der Waals surface area contributed by atoms with E-state index in [1.54, 1.807) is 0 Å². The topological polar surface area (TPSA) is 84.2 Å². The summed E-state index contributed by atoms with van der Waals surface area (Å²) >= 11 is 0. The Hall–Kier alpha value is -0.170. The number of hydrogen-bond acceptors (Lipinski definition) is 3. The van der Waals surface area contributed by atoms with Crippen molar-refractivity contribution >= 4 is 10.2 Å². The number of nitrogens with two attached hydrogens (primary N) is 1. The lowest BCUT2D eigenvalue weighted by atomic mass is 9.49. The van der Waals surface area contributed by atoms with Gasteiger partial charge in [0.15, 0.2) is 0 Å². The molecule has 4 N–H and O–H groups in total. The molecule has 17 heavy (non-hydrogen) atoms. The third-order valence-electron chi connectivity index (χ3n) is 4.26. The van der Waals surface area contributed by atoms with Crippen LogP contribution in [0.3, 0.4) is 0 Å². The highest BCUT2D eigenvalue weighted by Gasteiger charge is 2.61. The molecule has 0 bridgehead atoms. The Bertz CT molecular complexity index is 396. The van der Waals surface area contributed by atoms with E-state index in [1.165, 1.54) is 0 Å². The number of nitrogens with one attached hydrogen (secondary N) is 2. The molecule has 2 aliphatic rings. The second-order valence-electron chi connectivity index (χ2n) is 6.57. The maximum absolute atomic E-state index is 11.9. The smallest absolute Gasteiger partial charge is 0.277 e. The van der Waals surface area contributed by atoms with Gasteiger partial charge in [-0.3, -0.25) is 0 Å². The Morgan fingerprint density at radius 3 is 1.94 bits per heavy atom. The molecule has 2 saturated carbocycles. The van der Waals surface area contributed by atoms with Crippen molar-refractivity contribution in [2.75, 3.05) is 0 Å². The van der Waals surface area contributed by atoms with E-state index in [9.17, 15) is 8.42 Å². The van der Waals surface area contributed by atoms with Gasteiger partial charge in [0, 0.05) is 18.1 Å². The fourth-order valence-corrected chi connectivity index (χ4v) is 4.75. The van der Waals surface area contributed by atoms with Crippen LogP contribution >= 0.6 is 0 Å². The normalized spacial score (nSPS) is 35.4. The van der Waals surface area contributed by atoms with Crippen molar-refractivity contribution in [3.05, 3.63) is 0 Å². The third kappa shape index (κ3) is 2.23. The predicted molar refractivity (Wildman–Crippen MR) is 67.5 cm³/mol. The highest BCUT2D eigenvalue weighted by molar-refractivity contribution is 7.87. The first-order valence-corrected chi connectivity index (χ1v) is 7.61. The molecule has 6 heteroatoms. The van der Waals surface area contributed by atoms with Crippen molar-refractivity contribution in [1.82, 2.24) is 9.44 Å². The van der Waals surface area contributed by atoms with Crippen LogP contribution in [0, 0.1) is 10.8 Å². The average molecular weight is 261 g/mol. The van der Waals surface area contributed by atoms with E-state index in [1.807, 2.05) is 27.7 Å². The molecule has 0 saturated heterocycles. The predicted octanol–water partition coefficient (Wildman–Crippen LogP) is 0.335. The molecule has 0 amide bonds. The monoisotopic (exact) mass is 261 g/mol. The molecule has 2 aliphatic carbocycles. The lowest BCUT2D eigenvalue weighted by molar-refractivity contribution is -0.0595. The van der Waals surface area contributed by atoms with Crippen molar-refractivity contribution in [2.45, 2.75) is 58.7 Å². The summed E-state index contributed by atoms with van der Waals surface area (Å²) in [6, 6.07) is 0.0114. The molecular weight excluding hydrogens is 238 g/mol. The van der Waals surface area contributed by atoms with Crippen LogP contribution in [-0.2, 0) is 10.2 Å². The fourth-order valence-electron chi connectivity index (χ4n) is 3.09. The Morgan fingerprint density at radius 2 is 1.53 bits per heavy atom. The van der Waals surface area contributed by atoms with Gasteiger partial charge in [-0.05, 0) is 23.7 Å². The molecule has 100 valence electrons. The zero-order valence-electron chi connectivity index (χ0n) is 10.9. The first-order chi connectivity index (χ1) is 7.57. The van der Waals surface area contributed by atoms with Gasteiger partial charge in [0.1, 0.15) is 0 Å². The molecule has 0 aromatic rings. The maximum Gasteiger partial charge on any atom is 0.277 e. The lowest BCUT2D eigenvalue weighted by Gasteiger charge is -2.62. The largest absolute Gasteiger partial charge is 0.327 e. The Labute approximate surface area is 104 Å². The van der Waals surface area contributed by atoms with Gasteiger partial charge >= 0.3 is 0 Å². The van der Waals surface area contributed by atoms with Gasteiger partial charge in [-0.25, -0.2) is 0 Å². The minimum atomic E-state index is -3.40. The fraction of sp³-hybridized carbons (Fsp3) is 1.00. The Morgan fingerprint density at radius 1 is 1.06 bits per heavy atom. The van der Waals surface area contributed by atoms with Gasteiger partial charge in [0.25, 0.3) is 10.2 Å². The molecule has 0 aromatic carbocycles. The Balaban J connectivity index is 2.07. The average Bonchev–Trinajstić information content (AvgIpc) is 2.96. The second kappa shape index (κ2) is 3.66. The van der Waals surface area contributed by atoms with Crippen LogP contribution in [0.2, 0.25) is 0 Å². The molecule has 0 atom stereocenters.